The second kappa shape index (κ2) is 2.38. The summed E-state index contributed by atoms with van der Waals surface area (Å²) in [5.74, 6) is -0.586. The molecule has 11 heavy (non-hydrogen) atoms. The van der Waals surface area contributed by atoms with Gasteiger partial charge >= 0.3 is 0 Å². The number of halogens is 2. The van der Waals surface area contributed by atoms with E-state index >= 15 is 0 Å². The number of alkyl halides is 2. The lowest BCUT2D eigenvalue weighted by Crippen LogP contribution is -2.28. The molecule has 0 heterocycles. The zero-order valence-electron chi connectivity index (χ0n) is 5.76. The van der Waals surface area contributed by atoms with Crippen molar-refractivity contribution in [2.24, 2.45) is 10.6 Å². The summed E-state index contributed by atoms with van der Waals surface area (Å²) < 4.78 is 45.0. The Labute approximate surface area is 63.6 Å². The van der Waals surface area contributed by atoms with Crippen LogP contribution in [0, 0.1) is 5.41 Å². The normalized spacial score (nSPS) is 22.2. The zero-order valence-corrected chi connectivity index (χ0v) is 6.57. The van der Waals surface area contributed by atoms with Crippen molar-refractivity contribution in [3.05, 3.63) is 0 Å². The van der Waals surface area contributed by atoms with Gasteiger partial charge in [0.05, 0.1) is 5.75 Å². The lowest BCUT2D eigenvalue weighted by atomic mass is 10.2. The standard InChI is InChI=1S/C5H9F2NO2S/c6-4(7)5(1-2-5)3-11(8,9)10/h4H,1-3H2,(H2,8,9,10). The van der Waals surface area contributed by atoms with Crippen molar-refractivity contribution < 1.29 is 17.2 Å². The average molecular weight is 185 g/mol. The monoisotopic (exact) mass is 185 g/mol. The summed E-state index contributed by atoms with van der Waals surface area (Å²) in [6, 6.07) is 0. The van der Waals surface area contributed by atoms with Gasteiger partial charge in [-0.1, -0.05) is 0 Å². The Kier molecular flexibility index (Phi) is 1.92. The molecular formula is C5H9F2NO2S. The van der Waals surface area contributed by atoms with Gasteiger partial charge in [0.2, 0.25) is 16.4 Å². The van der Waals surface area contributed by atoms with E-state index in [1.165, 1.54) is 0 Å². The van der Waals surface area contributed by atoms with Gasteiger partial charge in [-0.15, -0.1) is 0 Å². The highest BCUT2D eigenvalue weighted by atomic mass is 32.2. The summed E-state index contributed by atoms with van der Waals surface area (Å²) in [5, 5.41) is 4.64. The van der Waals surface area contributed by atoms with Crippen LogP contribution in [0.4, 0.5) is 8.78 Å². The van der Waals surface area contributed by atoms with E-state index in [0.29, 0.717) is 0 Å². The zero-order chi connectivity index (χ0) is 8.70. The predicted octanol–water partition coefficient (Wildman–Crippen LogP) is 0.320. The molecule has 1 fully saturated rings. The van der Waals surface area contributed by atoms with E-state index in [9.17, 15) is 17.2 Å². The number of primary sulfonamides is 1. The number of sulfonamides is 1. The third-order valence-electron chi connectivity index (χ3n) is 1.84. The van der Waals surface area contributed by atoms with Crippen LogP contribution in [0.2, 0.25) is 0 Å². The molecule has 1 rings (SSSR count). The lowest BCUT2D eigenvalue weighted by Gasteiger charge is -2.10. The summed E-state index contributed by atoms with van der Waals surface area (Å²) in [4.78, 5) is 0. The minimum Gasteiger partial charge on any atom is -0.229 e. The maximum Gasteiger partial charge on any atom is 0.245 e. The molecule has 0 aromatic rings. The number of nitrogens with two attached hydrogens (primary N) is 1. The largest absolute Gasteiger partial charge is 0.245 e. The van der Waals surface area contributed by atoms with Crippen LogP contribution in [0.1, 0.15) is 12.8 Å². The Hall–Kier alpha value is -0.230. The molecule has 1 aliphatic rings. The first kappa shape index (κ1) is 8.86. The van der Waals surface area contributed by atoms with Crippen LogP contribution < -0.4 is 5.14 Å². The molecule has 0 radical (unpaired) electrons. The van der Waals surface area contributed by atoms with Crippen molar-refractivity contribution in [3.8, 4) is 0 Å². The summed E-state index contributed by atoms with van der Waals surface area (Å²) in [6.45, 7) is 0. The predicted molar refractivity (Wildman–Crippen MR) is 35.6 cm³/mol. The molecule has 0 spiro atoms. The van der Waals surface area contributed by atoms with Crippen LogP contribution in [0.15, 0.2) is 0 Å². The van der Waals surface area contributed by atoms with Gasteiger partial charge in [0.25, 0.3) is 0 Å². The molecule has 0 aromatic heterocycles. The summed E-state index contributed by atoms with van der Waals surface area (Å²) in [6.07, 6.45) is -2.04. The highest BCUT2D eigenvalue weighted by Gasteiger charge is 2.53. The topological polar surface area (TPSA) is 60.2 Å². The fraction of sp³-hybridized carbons (Fsp3) is 1.00. The van der Waals surface area contributed by atoms with Crippen LogP contribution in [-0.4, -0.2) is 20.6 Å². The maximum atomic E-state index is 12.1. The molecule has 0 unspecified atom stereocenters. The van der Waals surface area contributed by atoms with Crippen molar-refractivity contribution in [1.82, 2.24) is 0 Å². The third-order valence-corrected chi connectivity index (χ3v) is 2.82. The van der Waals surface area contributed by atoms with Crippen LogP contribution in [0.25, 0.3) is 0 Å². The van der Waals surface area contributed by atoms with Gasteiger partial charge in [0, 0.05) is 5.41 Å². The SMILES string of the molecule is NS(=O)(=O)CC1(C(F)F)CC1. The van der Waals surface area contributed by atoms with E-state index in [1.807, 2.05) is 0 Å². The first-order valence-corrected chi connectivity index (χ1v) is 4.86. The van der Waals surface area contributed by atoms with Gasteiger partial charge in [0.15, 0.2) is 0 Å². The van der Waals surface area contributed by atoms with Crippen molar-refractivity contribution in [2.75, 3.05) is 5.75 Å². The molecule has 0 bridgehead atoms. The molecule has 0 saturated heterocycles. The van der Waals surface area contributed by atoms with Gasteiger partial charge in [-0.05, 0) is 12.8 Å². The Morgan fingerprint density at radius 3 is 2.00 bits per heavy atom. The second-order valence-corrected chi connectivity index (χ2v) is 4.58. The second-order valence-electron chi connectivity index (χ2n) is 2.97. The Morgan fingerprint density at radius 2 is 1.91 bits per heavy atom. The van der Waals surface area contributed by atoms with Gasteiger partial charge < -0.3 is 0 Å². The van der Waals surface area contributed by atoms with Crippen LogP contribution in [0.3, 0.4) is 0 Å². The quantitative estimate of drug-likeness (QED) is 0.688. The van der Waals surface area contributed by atoms with Crippen LogP contribution in [-0.2, 0) is 10.0 Å². The summed E-state index contributed by atoms with van der Waals surface area (Å²) in [7, 11) is -3.74. The third kappa shape index (κ3) is 2.10. The van der Waals surface area contributed by atoms with Gasteiger partial charge in [0.1, 0.15) is 0 Å². The Morgan fingerprint density at radius 1 is 1.45 bits per heavy atom. The Balaban J connectivity index is 2.63. The minimum absolute atomic E-state index is 0.265. The molecule has 0 amide bonds. The molecule has 6 heteroatoms. The highest BCUT2D eigenvalue weighted by molar-refractivity contribution is 7.89. The molecule has 2 N–H and O–H groups in total. The molecule has 3 nitrogen and oxygen atoms in total. The molecule has 0 atom stereocenters. The van der Waals surface area contributed by atoms with Crippen molar-refractivity contribution in [3.63, 3.8) is 0 Å². The van der Waals surface area contributed by atoms with Gasteiger partial charge in [-0.2, -0.15) is 0 Å². The number of hydrogen-bond donors (Lipinski definition) is 1. The molecule has 66 valence electrons. The van der Waals surface area contributed by atoms with E-state index < -0.39 is 27.6 Å². The van der Waals surface area contributed by atoms with E-state index in [2.05, 4.69) is 5.14 Å². The fourth-order valence-electron chi connectivity index (χ4n) is 0.987. The molecule has 1 saturated carbocycles. The molecule has 0 aliphatic heterocycles. The van der Waals surface area contributed by atoms with Crippen molar-refractivity contribution in [2.45, 2.75) is 19.3 Å². The summed E-state index contributed by atoms with van der Waals surface area (Å²) in [5.41, 5.74) is -1.31. The van der Waals surface area contributed by atoms with E-state index in [-0.39, 0.29) is 12.8 Å². The van der Waals surface area contributed by atoms with E-state index in [0.717, 1.165) is 0 Å². The van der Waals surface area contributed by atoms with Crippen LogP contribution >= 0.6 is 0 Å². The smallest absolute Gasteiger partial charge is 0.229 e. The van der Waals surface area contributed by atoms with E-state index in [1.54, 1.807) is 0 Å². The molecular weight excluding hydrogens is 176 g/mol. The Bertz CT molecular complexity index is 245. The minimum atomic E-state index is -3.74. The fourth-order valence-corrected chi connectivity index (χ4v) is 2.20. The number of rotatable bonds is 3. The van der Waals surface area contributed by atoms with Gasteiger partial charge in [-0.25, -0.2) is 22.3 Å². The van der Waals surface area contributed by atoms with Gasteiger partial charge in [-0.3, -0.25) is 0 Å². The maximum absolute atomic E-state index is 12.1. The number of hydrogen-bond acceptors (Lipinski definition) is 2. The van der Waals surface area contributed by atoms with Crippen molar-refractivity contribution in [1.29, 1.82) is 0 Å². The van der Waals surface area contributed by atoms with Crippen molar-refractivity contribution >= 4 is 10.0 Å². The van der Waals surface area contributed by atoms with E-state index in [4.69, 9.17) is 0 Å². The first-order chi connectivity index (χ1) is 4.86. The van der Waals surface area contributed by atoms with Crippen LogP contribution in [0.5, 0.6) is 0 Å². The highest BCUT2D eigenvalue weighted by Crippen LogP contribution is 2.51. The average Bonchev–Trinajstić information content (AvgIpc) is 2.43. The molecule has 1 aliphatic carbocycles. The summed E-state index contributed by atoms with van der Waals surface area (Å²) >= 11 is 0. The molecule has 0 aromatic carbocycles. The lowest BCUT2D eigenvalue weighted by molar-refractivity contribution is 0.0737. The first-order valence-electron chi connectivity index (χ1n) is 3.14.